The standard InChI is InChI=1S/C18H36N2/c1-6-18(9-7-16(8-10-18)15(2)3)11-12-20(5)17-13-19(4)14-17/h15-17H,6-14H2,1-5H3. The predicted octanol–water partition coefficient (Wildman–Crippen LogP) is 3.86. The van der Waals surface area contributed by atoms with Gasteiger partial charge in [-0.2, -0.15) is 0 Å². The van der Waals surface area contributed by atoms with Crippen molar-refractivity contribution in [1.82, 2.24) is 9.80 Å². The molecule has 20 heavy (non-hydrogen) atoms. The summed E-state index contributed by atoms with van der Waals surface area (Å²) in [5.74, 6) is 1.88. The summed E-state index contributed by atoms with van der Waals surface area (Å²) in [6, 6.07) is 0.820. The highest BCUT2D eigenvalue weighted by atomic mass is 15.3. The molecule has 0 bridgehead atoms. The van der Waals surface area contributed by atoms with Crippen molar-refractivity contribution in [3.63, 3.8) is 0 Å². The summed E-state index contributed by atoms with van der Waals surface area (Å²) in [5, 5.41) is 0. The fourth-order valence-corrected chi connectivity index (χ4v) is 4.24. The van der Waals surface area contributed by atoms with Crippen LogP contribution in [0.2, 0.25) is 0 Å². The third-order valence-corrected chi connectivity index (χ3v) is 6.45. The number of likely N-dealkylation sites (tertiary alicyclic amines) is 1. The van der Waals surface area contributed by atoms with Crippen molar-refractivity contribution in [3.8, 4) is 0 Å². The Morgan fingerprint density at radius 2 is 1.80 bits per heavy atom. The molecular weight excluding hydrogens is 244 g/mol. The molecule has 0 atom stereocenters. The van der Waals surface area contributed by atoms with E-state index < -0.39 is 0 Å². The SMILES string of the molecule is CCC1(CCN(C)C2CN(C)C2)CCC(C(C)C)CC1. The van der Waals surface area contributed by atoms with Crippen LogP contribution < -0.4 is 0 Å². The van der Waals surface area contributed by atoms with Gasteiger partial charge in [-0.25, -0.2) is 0 Å². The molecule has 1 saturated heterocycles. The molecule has 0 unspecified atom stereocenters. The molecule has 0 aromatic carbocycles. The van der Waals surface area contributed by atoms with E-state index in [1.54, 1.807) is 0 Å². The Bertz CT molecular complexity index is 286. The van der Waals surface area contributed by atoms with Crippen LogP contribution in [0.1, 0.15) is 59.3 Å². The third kappa shape index (κ3) is 3.76. The lowest BCUT2D eigenvalue weighted by atomic mass is 9.65. The summed E-state index contributed by atoms with van der Waals surface area (Å²) in [4.78, 5) is 5.04. The molecule has 2 fully saturated rings. The van der Waals surface area contributed by atoms with Gasteiger partial charge in [0.25, 0.3) is 0 Å². The minimum Gasteiger partial charge on any atom is -0.303 e. The van der Waals surface area contributed by atoms with E-state index >= 15 is 0 Å². The summed E-state index contributed by atoms with van der Waals surface area (Å²) >= 11 is 0. The van der Waals surface area contributed by atoms with Crippen LogP contribution >= 0.6 is 0 Å². The Balaban J connectivity index is 1.77. The van der Waals surface area contributed by atoms with Crippen molar-refractivity contribution < 1.29 is 0 Å². The molecule has 0 aromatic rings. The second-order valence-electron chi connectivity index (χ2n) is 8.04. The zero-order valence-corrected chi connectivity index (χ0v) is 14.5. The second-order valence-corrected chi connectivity index (χ2v) is 8.04. The van der Waals surface area contributed by atoms with Crippen LogP contribution in [0.5, 0.6) is 0 Å². The lowest BCUT2D eigenvalue weighted by Crippen LogP contribution is -2.57. The first-order valence-corrected chi connectivity index (χ1v) is 8.84. The molecule has 1 heterocycles. The molecule has 2 nitrogen and oxygen atoms in total. The quantitative estimate of drug-likeness (QED) is 0.729. The van der Waals surface area contributed by atoms with E-state index in [0.717, 1.165) is 17.9 Å². The smallest absolute Gasteiger partial charge is 0.0347 e. The Kier molecular flexibility index (Phi) is 5.53. The van der Waals surface area contributed by atoms with Crippen molar-refractivity contribution in [3.05, 3.63) is 0 Å². The topological polar surface area (TPSA) is 6.48 Å². The molecule has 118 valence electrons. The highest BCUT2D eigenvalue weighted by Gasteiger charge is 2.35. The Morgan fingerprint density at radius 3 is 2.25 bits per heavy atom. The zero-order chi connectivity index (χ0) is 14.8. The summed E-state index contributed by atoms with van der Waals surface area (Å²) in [6.45, 7) is 11.1. The first-order chi connectivity index (χ1) is 9.46. The molecule has 1 aliphatic carbocycles. The average Bonchev–Trinajstić information content (AvgIpc) is 2.41. The maximum atomic E-state index is 2.62. The normalized spacial score (nSPS) is 32.9. The maximum Gasteiger partial charge on any atom is 0.0347 e. The largest absolute Gasteiger partial charge is 0.303 e. The van der Waals surface area contributed by atoms with Crippen LogP contribution in [0.25, 0.3) is 0 Å². The van der Waals surface area contributed by atoms with Gasteiger partial charge in [0.2, 0.25) is 0 Å². The molecular formula is C18H36N2. The highest BCUT2D eigenvalue weighted by molar-refractivity contribution is 4.89. The third-order valence-electron chi connectivity index (χ3n) is 6.45. The van der Waals surface area contributed by atoms with E-state index in [0.29, 0.717) is 5.41 Å². The monoisotopic (exact) mass is 280 g/mol. The van der Waals surface area contributed by atoms with E-state index in [1.807, 2.05) is 0 Å². The van der Waals surface area contributed by atoms with Crippen molar-refractivity contribution in [2.24, 2.45) is 17.3 Å². The van der Waals surface area contributed by atoms with Gasteiger partial charge in [-0.05, 0) is 70.0 Å². The van der Waals surface area contributed by atoms with Gasteiger partial charge < -0.3 is 9.80 Å². The van der Waals surface area contributed by atoms with E-state index in [2.05, 4.69) is 44.7 Å². The molecule has 0 spiro atoms. The number of nitrogens with zero attached hydrogens (tertiary/aromatic N) is 2. The predicted molar refractivity (Wildman–Crippen MR) is 88.1 cm³/mol. The van der Waals surface area contributed by atoms with Crippen LogP contribution in [-0.2, 0) is 0 Å². The van der Waals surface area contributed by atoms with Crippen molar-refractivity contribution >= 4 is 0 Å². The summed E-state index contributed by atoms with van der Waals surface area (Å²) < 4.78 is 0. The van der Waals surface area contributed by atoms with Gasteiger partial charge >= 0.3 is 0 Å². The molecule has 2 heteroatoms. The minimum absolute atomic E-state index is 0.662. The lowest BCUT2D eigenvalue weighted by molar-refractivity contribution is 0.0454. The number of likely N-dealkylation sites (N-methyl/N-ethyl adjacent to an activating group) is 2. The first-order valence-electron chi connectivity index (χ1n) is 8.84. The van der Waals surface area contributed by atoms with Gasteiger partial charge in [0, 0.05) is 19.1 Å². The van der Waals surface area contributed by atoms with Crippen LogP contribution in [-0.4, -0.2) is 49.6 Å². The van der Waals surface area contributed by atoms with Crippen molar-refractivity contribution in [1.29, 1.82) is 0 Å². The van der Waals surface area contributed by atoms with Crippen LogP contribution in [0.15, 0.2) is 0 Å². The summed E-state index contributed by atoms with van der Waals surface area (Å²) in [5.41, 5.74) is 0.662. The average molecular weight is 280 g/mol. The fourth-order valence-electron chi connectivity index (χ4n) is 4.24. The summed E-state index contributed by atoms with van der Waals surface area (Å²) in [7, 11) is 4.56. The van der Waals surface area contributed by atoms with Crippen LogP contribution in [0.4, 0.5) is 0 Å². The van der Waals surface area contributed by atoms with E-state index in [1.165, 1.54) is 58.2 Å². The molecule has 0 aromatic heterocycles. The number of hydrogen-bond acceptors (Lipinski definition) is 2. The first kappa shape index (κ1) is 16.3. The fraction of sp³-hybridized carbons (Fsp3) is 1.00. The molecule has 0 amide bonds. The summed E-state index contributed by atoms with van der Waals surface area (Å²) in [6.07, 6.45) is 8.71. The van der Waals surface area contributed by atoms with Gasteiger partial charge in [0.15, 0.2) is 0 Å². The Labute approximate surface area is 126 Å². The second kappa shape index (κ2) is 6.79. The zero-order valence-electron chi connectivity index (χ0n) is 14.5. The van der Waals surface area contributed by atoms with Crippen molar-refractivity contribution in [2.45, 2.75) is 65.3 Å². The van der Waals surface area contributed by atoms with E-state index in [9.17, 15) is 0 Å². The van der Waals surface area contributed by atoms with Gasteiger partial charge in [0.1, 0.15) is 0 Å². The Morgan fingerprint density at radius 1 is 1.20 bits per heavy atom. The van der Waals surface area contributed by atoms with Crippen molar-refractivity contribution in [2.75, 3.05) is 33.7 Å². The lowest BCUT2D eigenvalue weighted by Gasteiger charge is -2.45. The van der Waals surface area contributed by atoms with Gasteiger partial charge in [-0.3, -0.25) is 0 Å². The number of hydrogen-bond donors (Lipinski definition) is 0. The molecule has 0 N–H and O–H groups in total. The molecule has 0 radical (unpaired) electrons. The molecule has 2 aliphatic rings. The van der Waals surface area contributed by atoms with Gasteiger partial charge in [-0.1, -0.05) is 27.2 Å². The van der Waals surface area contributed by atoms with E-state index in [-0.39, 0.29) is 0 Å². The van der Waals surface area contributed by atoms with Gasteiger partial charge in [-0.15, -0.1) is 0 Å². The molecule has 1 aliphatic heterocycles. The van der Waals surface area contributed by atoms with Crippen LogP contribution in [0, 0.1) is 17.3 Å². The molecule has 2 rings (SSSR count). The number of rotatable bonds is 6. The van der Waals surface area contributed by atoms with Crippen LogP contribution in [0.3, 0.4) is 0 Å². The van der Waals surface area contributed by atoms with E-state index in [4.69, 9.17) is 0 Å². The highest BCUT2D eigenvalue weighted by Crippen LogP contribution is 2.46. The Hall–Kier alpha value is -0.0800. The molecule has 1 saturated carbocycles. The minimum atomic E-state index is 0.662. The van der Waals surface area contributed by atoms with Gasteiger partial charge in [0.05, 0.1) is 0 Å². The maximum absolute atomic E-state index is 2.62.